The zero-order chi connectivity index (χ0) is 43.9. The molecule has 6 nitrogen and oxygen atoms in total. The van der Waals surface area contributed by atoms with E-state index in [4.69, 9.17) is 9.47 Å². The van der Waals surface area contributed by atoms with Crippen LogP contribution in [0.5, 0.6) is 0 Å². The van der Waals surface area contributed by atoms with Gasteiger partial charge in [0.15, 0.2) is 0 Å². The SMILES string of the molecule is CCCCCCC/C=C/C(CO)CCCCCCCC(=O)OCC(CC)CCC.CCCCCCCCC(/C=C/CCCCCCC(=O)OCC(CC)CCCC)CO. The lowest BCUT2D eigenvalue weighted by Gasteiger charge is -2.14. The van der Waals surface area contributed by atoms with Gasteiger partial charge in [0.1, 0.15) is 0 Å². The normalized spacial score (nSPS) is 13.6. The molecule has 0 spiro atoms. The molecule has 0 aromatic heterocycles. The predicted molar refractivity (Wildman–Crippen MR) is 255 cm³/mol. The van der Waals surface area contributed by atoms with Gasteiger partial charge in [-0.25, -0.2) is 0 Å². The number of esters is 2. The largest absolute Gasteiger partial charge is 0.465 e. The molecular weight excluding hydrogens is 733 g/mol. The van der Waals surface area contributed by atoms with Gasteiger partial charge in [-0.3, -0.25) is 9.59 Å². The number of carbonyl (C=O) groups is 2. The van der Waals surface area contributed by atoms with E-state index in [2.05, 4.69) is 65.8 Å². The highest BCUT2D eigenvalue weighted by Gasteiger charge is 2.11. The Kier molecular flexibility index (Phi) is 49.4. The number of hydrogen-bond acceptors (Lipinski definition) is 6. The second-order valence-electron chi connectivity index (χ2n) is 17.6. The molecule has 59 heavy (non-hydrogen) atoms. The molecule has 0 aliphatic rings. The van der Waals surface area contributed by atoms with Crippen molar-refractivity contribution in [1.29, 1.82) is 0 Å². The molecule has 350 valence electrons. The van der Waals surface area contributed by atoms with Crippen LogP contribution in [0.25, 0.3) is 0 Å². The van der Waals surface area contributed by atoms with Crippen molar-refractivity contribution in [3.8, 4) is 0 Å². The van der Waals surface area contributed by atoms with E-state index >= 15 is 0 Å². The lowest BCUT2D eigenvalue weighted by Crippen LogP contribution is -2.13. The molecule has 2 N–H and O–H groups in total. The van der Waals surface area contributed by atoms with Gasteiger partial charge in [-0.2, -0.15) is 0 Å². The summed E-state index contributed by atoms with van der Waals surface area (Å²) in [5.41, 5.74) is 0. The molecule has 0 heterocycles. The molecule has 0 aromatic rings. The van der Waals surface area contributed by atoms with Crippen LogP contribution in [0.3, 0.4) is 0 Å². The summed E-state index contributed by atoms with van der Waals surface area (Å²) in [4.78, 5) is 23.7. The Hall–Kier alpha value is -1.66. The fourth-order valence-corrected chi connectivity index (χ4v) is 7.50. The van der Waals surface area contributed by atoms with Crippen LogP contribution in [-0.4, -0.2) is 48.6 Å². The summed E-state index contributed by atoms with van der Waals surface area (Å²) in [5.74, 6) is 1.65. The van der Waals surface area contributed by atoms with E-state index in [1.807, 2.05) is 0 Å². The summed E-state index contributed by atoms with van der Waals surface area (Å²) < 4.78 is 10.9. The molecule has 0 rings (SSSR count). The molecule has 0 bridgehead atoms. The number of ether oxygens (including phenoxy) is 2. The Balaban J connectivity index is 0. The first-order chi connectivity index (χ1) is 28.8. The van der Waals surface area contributed by atoms with Crippen molar-refractivity contribution in [1.82, 2.24) is 0 Å². The smallest absolute Gasteiger partial charge is 0.305 e. The third-order valence-electron chi connectivity index (χ3n) is 11.9. The number of hydrogen-bond donors (Lipinski definition) is 2. The second-order valence-corrected chi connectivity index (χ2v) is 17.6. The maximum atomic E-state index is 11.9. The van der Waals surface area contributed by atoms with Gasteiger partial charge in [-0.05, 0) is 87.9 Å². The van der Waals surface area contributed by atoms with Gasteiger partial charge < -0.3 is 19.7 Å². The molecule has 0 radical (unpaired) electrons. The highest BCUT2D eigenvalue weighted by Crippen LogP contribution is 2.18. The van der Waals surface area contributed by atoms with Crippen molar-refractivity contribution < 1.29 is 29.3 Å². The van der Waals surface area contributed by atoms with Gasteiger partial charge >= 0.3 is 11.9 Å². The first-order valence-electron chi connectivity index (χ1n) is 25.7. The minimum absolute atomic E-state index is 0.0228. The van der Waals surface area contributed by atoms with Crippen molar-refractivity contribution in [3.05, 3.63) is 24.3 Å². The van der Waals surface area contributed by atoms with E-state index in [0.29, 0.717) is 49.7 Å². The van der Waals surface area contributed by atoms with Crippen LogP contribution in [-0.2, 0) is 19.1 Å². The minimum atomic E-state index is -0.0280. The van der Waals surface area contributed by atoms with Gasteiger partial charge in [-0.15, -0.1) is 0 Å². The average molecular weight is 835 g/mol. The molecule has 0 aliphatic heterocycles. The van der Waals surface area contributed by atoms with E-state index in [-0.39, 0.29) is 25.2 Å². The average Bonchev–Trinajstić information content (AvgIpc) is 3.25. The van der Waals surface area contributed by atoms with Crippen LogP contribution in [0.4, 0.5) is 0 Å². The van der Waals surface area contributed by atoms with Crippen LogP contribution < -0.4 is 0 Å². The predicted octanol–water partition coefficient (Wildman–Crippen LogP) is 15.6. The van der Waals surface area contributed by atoms with Crippen molar-refractivity contribution in [2.45, 2.75) is 253 Å². The number of aliphatic hydroxyl groups excluding tert-OH is 2. The minimum Gasteiger partial charge on any atom is -0.465 e. The van der Waals surface area contributed by atoms with Crippen LogP contribution in [0, 0.1) is 23.7 Å². The summed E-state index contributed by atoms with van der Waals surface area (Å²) in [7, 11) is 0. The lowest BCUT2D eigenvalue weighted by molar-refractivity contribution is -0.146. The molecule has 0 aliphatic carbocycles. The maximum absolute atomic E-state index is 11.9. The van der Waals surface area contributed by atoms with E-state index in [1.54, 1.807) is 0 Å². The van der Waals surface area contributed by atoms with E-state index in [1.165, 1.54) is 103 Å². The quantitative estimate of drug-likeness (QED) is 0.0361. The number of carbonyl (C=O) groups excluding carboxylic acids is 2. The van der Waals surface area contributed by atoms with E-state index < -0.39 is 0 Å². The molecule has 0 saturated heterocycles. The first-order valence-corrected chi connectivity index (χ1v) is 25.7. The summed E-state index contributed by atoms with van der Waals surface area (Å²) in [6, 6.07) is 0. The molecular formula is C53H102O6. The molecule has 6 heteroatoms. The molecule has 0 fully saturated rings. The zero-order valence-electron chi connectivity index (χ0n) is 40.3. The van der Waals surface area contributed by atoms with Gasteiger partial charge in [0.05, 0.1) is 13.2 Å². The van der Waals surface area contributed by atoms with Crippen molar-refractivity contribution in [3.63, 3.8) is 0 Å². The second kappa shape index (κ2) is 49.0. The van der Waals surface area contributed by atoms with E-state index in [0.717, 1.165) is 96.3 Å². The van der Waals surface area contributed by atoms with Crippen LogP contribution >= 0.6 is 0 Å². The standard InChI is InChI=1S/C27H52O3.C26H50O3/c1-4-7-9-10-13-16-20-26(23-28)21-17-14-11-12-15-18-22-27(29)30-24-25(6-3)19-8-5-2;1-4-7-8-9-10-12-15-19-25(22-27)20-16-13-11-14-17-21-26(28)29-23-24(6-3)18-5-2/h17,21,25-26,28H,4-16,18-20,22-24H2,1-3H3;15,19,24-25,27H,4-14,16-18,20-23H2,1-3H3/b21-17+;19-15+. The summed E-state index contributed by atoms with van der Waals surface area (Å²) >= 11 is 0. The summed E-state index contributed by atoms with van der Waals surface area (Å²) in [6.07, 6.45) is 46.9. The molecule has 4 unspecified atom stereocenters. The first kappa shape index (κ1) is 59.4. The third kappa shape index (κ3) is 44.2. The number of allylic oxidation sites excluding steroid dienone is 2. The molecule has 0 aromatic carbocycles. The maximum Gasteiger partial charge on any atom is 0.305 e. The molecule has 0 saturated carbocycles. The monoisotopic (exact) mass is 835 g/mol. The third-order valence-corrected chi connectivity index (χ3v) is 11.9. The number of unbranched alkanes of at least 4 members (excludes halogenated alkanes) is 19. The lowest BCUT2D eigenvalue weighted by atomic mass is 9.99. The fourth-order valence-electron chi connectivity index (χ4n) is 7.50. The summed E-state index contributed by atoms with van der Waals surface area (Å²) in [5, 5.41) is 19.1. The zero-order valence-corrected chi connectivity index (χ0v) is 40.3. The summed E-state index contributed by atoms with van der Waals surface area (Å²) in [6.45, 7) is 15.0. The van der Waals surface area contributed by atoms with Gasteiger partial charge in [-0.1, -0.05) is 201 Å². The molecule has 0 amide bonds. The Morgan fingerprint density at radius 3 is 1.19 bits per heavy atom. The van der Waals surface area contributed by atoms with Gasteiger partial charge in [0.2, 0.25) is 0 Å². The van der Waals surface area contributed by atoms with Crippen LogP contribution in [0.1, 0.15) is 253 Å². The van der Waals surface area contributed by atoms with Crippen molar-refractivity contribution in [2.75, 3.05) is 26.4 Å². The topological polar surface area (TPSA) is 93.1 Å². The fraction of sp³-hybridized carbons (Fsp3) is 0.887. The number of rotatable bonds is 43. The Morgan fingerprint density at radius 1 is 0.424 bits per heavy atom. The molecule has 4 atom stereocenters. The van der Waals surface area contributed by atoms with Gasteiger partial charge in [0, 0.05) is 26.1 Å². The Morgan fingerprint density at radius 2 is 0.797 bits per heavy atom. The van der Waals surface area contributed by atoms with Crippen LogP contribution in [0.2, 0.25) is 0 Å². The van der Waals surface area contributed by atoms with Crippen molar-refractivity contribution in [2.24, 2.45) is 23.7 Å². The number of aliphatic hydroxyl groups is 2. The highest BCUT2D eigenvalue weighted by atomic mass is 16.5. The van der Waals surface area contributed by atoms with Gasteiger partial charge in [0.25, 0.3) is 0 Å². The van der Waals surface area contributed by atoms with Crippen LogP contribution in [0.15, 0.2) is 24.3 Å². The highest BCUT2D eigenvalue weighted by molar-refractivity contribution is 5.69. The Labute approximate surface area is 367 Å². The van der Waals surface area contributed by atoms with E-state index in [9.17, 15) is 19.8 Å². The van der Waals surface area contributed by atoms with Crippen molar-refractivity contribution >= 4 is 11.9 Å². The Bertz CT molecular complexity index is 916.